The van der Waals surface area contributed by atoms with Crippen LogP contribution in [0.15, 0.2) is 48.5 Å². The molecule has 1 amide bonds. The Hall–Kier alpha value is -3.02. The highest BCUT2D eigenvalue weighted by Gasteiger charge is 2.45. The van der Waals surface area contributed by atoms with Crippen LogP contribution in [-0.4, -0.2) is 37.7 Å². The second kappa shape index (κ2) is 8.78. The Kier molecular flexibility index (Phi) is 6.19. The molecule has 0 radical (unpaired) electrons. The van der Waals surface area contributed by atoms with Gasteiger partial charge in [-0.1, -0.05) is 30.3 Å². The van der Waals surface area contributed by atoms with Crippen molar-refractivity contribution in [2.75, 3.05) is 20.8 Å². The molecule has 1 aliphatic carbocycles. The van der Waals surface area contributed by atoms with E-state index in [1.807, 2.05) is 48.5 Å². The van der Waals surface area contributed by atoms with Gasteiger partial charge in [0.1, 0.15) is 11.5 Å². The number of benzene rings is 2. The van der Waals surface area contributed by atoms with Gasteiger partial charge < -0.3 is 19.9 Å². The summed E-state index contributed by atoms with van der Waals surface area (Å²) in [6, 6.07) is 15.0. The third kappa shape index (κ3) is 4.63. The number of hydrogen-bond acceptors (Lipinski definition) is 4. The first kappa shape index (κ1) is 19.7. The monoisotopic (exact) mass is 383 g/mol. The van der Waals surface area contributed by atoms with Crippen molar-refractivity contribution in [2.45, 2.75) is 18.8 Å². The summed E-state index contributed by atoms with van der Waals surface area (Å²) < 4.78 is 10.7. The van der Waals surface area contributed by atoms with Gasteiger partial charge in [-0.25, -0.2) is 0 Å². The molecule has 2 aromatic rings. The fraction of sp³-hybridized carbons (Fsp3) is 0.364. The smallest absolute Gasteiger partial charge is 0.308 e. The maximum Gasteiger partial charge on any atom is 0.308 e. The summed E-state index contributed by atoms with van der Waals surface area (Å²) in [4.78, 5) is 24.1. The third-order valence-electron chi connectivity index (χ3n) is 5.16. The van der Waals surface area contributed by atoms with Crippen LogP contribution >= 0.6 is 0 Å². The van der Waals surface area contributed by atoms with Crippen molar-refractivity contribution in [1.29, 1.82) is 0 Å². The van der Waals surface area contributed by atoms with Crippen molar-refractivity contribution in [3.63, 3.8) is 0 Å². The first-order valence-corrected chi connectivity index (χ1v) is 9.29. The van der Waals surface area contributed by atoms with Gasteiger partial charge in [0.2, 0.25) is 5.91 Å². The summed E-state index contributed by atoms with van der Waals surface area (Å²) in [6.45, 7) is 0.113. The molecule has 148 valence electrons. The van der Waals surface area contributed by atoms with E-state index < -0.39 is 11.9 Å². The minimum Gasteiger partial charge on any atom is -0.497 e. The van der Waals surface area contributed by atoms with Crippen molar-refractivity contribution in [3.8, 4) is 11.5 Å². The fourth-order valence-electron chi connectivity index (χ4n) is 3.46. The molecule has 0 aromatic heterocycles. The largest absolute Gasteiger partial charge is 0.497 e. The van der Waals surface area contributed by atoms with Crippen LogP contribution in [0.3, 0.4) is 0 Å². The maximum atomic E-state index is 12.5. The van der Waals surface area contributed by atoms with Crippen LogP contribution in [0.1, 0.15) is 23.5 Å². The summed E-state index contributed by atoms with van der Waals surface area (Å²) in [7, 11) is 3.20. The first-order chi connectivity index (χ1) is 13.5. The lowest BCUT2D eigenvalue weighted by Gasteiger charge is -2.14. The number of amides is 1. The number of carbonyl (C=O) groups is 2. The van der Waals surface area contributed by atoms with E-state index in [0.29, 0.717) is 12.8 Å². The van der Waals surface area contributed by atoms with Crippen molar-refractivity contribution >= 4 is 11.9 Å². The van der Waals surface area contributed by atoms with Gasteiger partial charge in [-0.15, -0.1) is 0 Å². The van der Waals surface area contributed by atoms with Crippen molar-refractivity contribution in [2.24, 2.45) is 11.8 Å². The molecule has 0 bridgehead atoms. The topological polar surface area (TPSA) is 84.9 Å². The minimum absolute atomic E-state index is 0.0578. The number of carboxylic acids is 1. The summed E-state index contributed by atoms with van der Waals surface area (Å²) in [5, 5.41) is 12.3. The number of carbonyl (C=O) groups excluding carboxylic acids is 1. The van der Waals surface area contributed by atoms with E-state index in [1.165, 1.54) is 0 Å². The highest BCUT2D eigenvalue weighted by molar-refractivity contribution is 5.83. The minimum atomic E-state index is -0.911. The maximum absolute atomic E-state index is 12.5. The van der Waals surface area contributed by atoms with E-state index in [2.05, 4.69) is 5.32 Å². The van der Waals surface area contributed by atoms with E-state index >= 15 is 0 Å². The number of hydrogen-bond donors (Lipinski definition) is 2. The molecule has 6 heteroatoms. The lowest BCUT2D eigenvalue weighted by molar-refractivity contribution is -0.141. The molecule has 0 spiro atoms. The average molecular weight is 383 g/mol. The van der Waals surface area contributed by atoms with E-state index in [4.69, 9.17) is 9.47 Å². The van der Waals surface area contributed by atoms with E-state index in [-0.39, 0.29) is 24.3 Å². The van der Waals surface area contributed by atoms with Crippen LogP contribution < -0.4 is 14.8 Å². The fourth-order valence-corrected chi connectivity index (χ4v) is 3.46. The zero-order valence-corrected chi connectivity index (χ0v) is 16.1. The SMILES string of the molecule is COc1ccc(OC)c(C2CC2C(=O)NCC(Cc2ccccc2)C(=O)O)c1. The zero-order chi connectivity index (χ0) is 20.1. The Morgan fingerprint density at radius 2 is 1.89 bits per heavy atom. The highest BCUT2D eigenvalue weighted by Crippen LogP contribution is 2.51. The Morgan fingerprint density at radius 1 is 1.14 bits per heavy atom. The molecule has 3 atom stereocenters. The molecule has 1 fully saturated rings. The zero-order valence-electron chi connectivity index (χ0n) is 16.1. The molecular formula is C22H25NO5. The van der Waals surface area contributed by atoms with Gasteiger partial charge >= 0.3 is 5.97 Å². The molecule has 0 saturated heterocycles. The molecule has 1 aliphatic rings. The summed E-state index contributed by atoms with van der Waals surface area (Å²) in [5.41, 5.74) is 1.88. The second-order valence-corrected chi connectivity index (χ2v) is 7.03. The van der Waals surface area contributed by atoms with Crippen molar-refractivity contribution < 1.29 is 24.2 Å². The van der Waals surface area contributed by atoms with Crippen LogP contribution in [0, 0.1) is 11.8 Å². The van der Waals surface area contributed by atoms with Gasteiger partial charge in [0, 0.05) is 23.9 Å². The lowest BCUT2D eigenvalue weighted by atomic mass is 9.99. The number of rotatable bonds is 9. The van der Waals surface area contributed by atoms with Crippen molar-refractivity contribution in [1.82, 2.24) is 5.32 Å². The molecular weight excluding hydrogens is 358 g/mol. The molecule has 1 saturated carbocycles. The molecule has 2 N–H and O–H groups in total. The number of nitrogens with one attached hydrogen (secondary N) is 1. The van der Waals surface area contributed by atoms with E-state index in [9.17, 15) is 14.7 Å². The van der Waals surface area contributed by atoms with Gasteiger partial charge in [0.15, 0.2) is 0 Å². The van der Waals surface area contributed by atoms with Gasteiger partial charge in [-0.2, -0.15) is 0 Å². The quantitative estimate of drug-likeness (QED) is 0.696. The lowest BCUT2D eigenvalue weighted by Crippen LogP contribution is -2.35. The Morgan fingerprint density at radius 3 is 2.54 bits per heavy atom. The van der Waals surface area contributed by atoms with Crippen LogP contribution in [0.5, 0.6) is 11.5 Å². The van der Waals surface area contributed by atoms with E-state index in [0.717, 1.165) is 22.6 Å². The van der Waals surface area contributed by atoms with Crippen LogP contribution in [0.4, 0.5) is 0 Å². The number of aliphatic carboxylic acids is 1. The van der Waals surface area contributed by atoms with Gasteiger partial charge in [-0.3, -0.25) is 9.59 Å². The summed E-state index contributed by atoms with van der Waals surface area (Å²) in [6.07, 6.45) is 1.10. The Bertz CT molecular complexity index is 836. The highest BCUT2D eigenvalue weighted by atomic mass is 16.5. The van der Waals surface area contributed by atoms with Crippen LogP contribution in [0.25, 0.3) is 0 Å². The predicted octanol–water partition coefficient (Wildman–Crippen LogP) is 2.87. The van der Waals surface area contributed by atoms with Crippen LogP contribution in [-0.2, 0) is 16.0 Å². The molecule has 2 aromatic carbocycles. The molecule has 3 unspecified atom stereocenters. The number of methoxy groups -OCH3 is 2. The number of ether oxygens (including phenoxy) is 2. The molecule has 6 nitrogen and oxygen atoms in total. The second-order valence-electron chi connectivity index (χ2n) is 7.03. The van der Waals surface area contributed by atoms with Gasteiger partial charge in [-0.05, 0) is 36.6 Å². The van der Waals surface area contributed by atoms with Crippen molar-refractivity contribution in [3.05, 3.63) is 59.7 Å². The van der Waals surface area contributed by atoms with Gasteiger partial charge in [0.05, 0.1) is 20.1 Å². The molecule has 3 rings (SSSR count). The summed E-state index contributed by atoms with van der Waals surface area (Å²) >= 11 is 0. The molecule has 0 heterocycles. The van der Waals surface area contributed by atoms with E-state index in [1.54, 1.807) is 14.2 Å². The summed E-state index contributed by atoms with van der Waals surface area (Å²) in [5.74, 6) is -0.353. The third-order valence-corrected chi connectivity index (χ3v) is 5.16. The van der Waals surface area contributed by atoms with Crippen LogP contribution in [0.2, 0.25) is 0 Å². The Balaban J connectivity index is 1.59. The molecule has 0 aliphatic heterocycles. The molecule has 28 heavy (non-hydrogen) atoms. The standard InChI is InChI=1S/C22H25NO5/c1-27-16-8-9-20(28-2)18(11-16)17-12-19(17)21(24)23-13-15(22(25)26)10-14-6-4-3-5-7-14/h3-9,11,15,17,19H,10,12-13H2,1-2H3,(H,23,24)(H,25,26). The van der Waals surface area contributed by atoms with Gasteiger partial charge in [0.25, 0.3) is 0 Å². The normalized spacial score (nSPS) is 18.8. The predicted molar refractivity (Wildman–Crippen MR) is 105 cm³/mol. The first-order valence-electron chi connectivity index (χ1n) is 9.29. The number of carboxylic acid groups (broad SMARTS) is 1. The Labute approximate surface area is 164 Å². The average Bonchev–Trinajstić information content (AvgIpc) is 3.51.